The van der Waals surface area contributed by atoms with Gasteiger partial charge in [0.15, 0.2) is 0 Å². The third kappa shape index (κ3) is 7.19. The van der Waals surface area contributed by atoms with E-state index in [1.807, 2.05) is 48.7 Å². The molecule has 0 bridgehead atoms. The fraction of sp³-hybridized carbons (Fsp3) is 0.207. The summed E-state index contributed by atoms with van der Waals surface area (Å²) in [5, 5.41) is 5.36. The van der Waals surface area contributed by atoms with Gasteiger partial charge in [0.25, 0.3) is 0 Å². The number of halogens is 3. The molecular formula is C29H27Cl3N4O5. The molecule has 0 spiro atoms. The number of fused-ring (bicyclic) bond motifs is 3. The molecule has 1 unspecified atom stereocenters. The van der Waals surface area contributed by atoms with Gasteiger partial charge in [-0.1, -0.05) is 11.6 Å². The number of carbonyl (C=O) groups is 1. The molecule has 1 aliphatic heterocycles. The third-order valence-electron chi connectivity index (χ3n) is 6.30. The number of hydrogen-bond acceptors (Lipinski definition) is 7. The average Bonchev–Trinajstić information content (AvgIpc) is 3.57. The first-order valence-corrected chi connectivity index (χ1v) is 13.2. The first kappa shape index (κ1) is 30.4. The summed E-state index contributed by atoms with van der Waals surface area (Å²) in [6.07, 6.45) is 3.34. The van der Waals surface area contributed by atoms with Crippen LogP contribution in [0.5, 0.6) is 11.5 Å². The Kier molecular flexibility index (Phi) is 10.6. The number of aromatic amines is 1. The van der Waals surface area contributed by atoms with Crippen molar-refractivity contribution in [3.05, 3.63) is 89.5 Å². The van der Waals surface area contributed by atoms with Crippen molar-refractivity contribution in [1.29, 1.82) is 0 Å². The van der Waals surface area contributed by atoms with Gasteiger partial charge in [-0.2, -0.15) is 0 Å². The van der Waals surface area contributed by atoms with Gasteiger partial charge in [0.2, 0.25) is 5.91 Å². The van der Waals surface area contributed by atoms with Crippen LogP contribution in [-0.4, -0.2) is 54.4 Å². The van der Waals surface area contributed by atoms with E-state index in [2.05, 4.69) is 24.6 Å². The summed E-state index contributed by atoms with van der Waals surface area (Å²) in [7, 11) is 1.63. The Morgan fingerprint density at radius 2 is 1.76 bits per heavy atom. The summed E-state index contributed by atoms with van der Waals surface area (Å²) in [6.45, 7) is 1.97. The van der Waals surface area contributed by atoms with E-state index in [0.29, 0.717) is 54.2 Å². The molecule has 1 atom stereocenters. The first-order valence-electron chi connectivity index (χ1n) is 12.5. The molecule has 0 radical (unpaired) electrons. The van der Waals surface area contributed by atoms with E-state index in [0.717, 1.165) is 27.5 Å². The number of carbonyl (C=O) groups excluding carboxylic acids is 1. The van der Waals surface area contributed by atoms with Crippen molar-refractivity contribution in [3.8, 4) is 11.5 Å². The molecule has 214 valence electrons. The lowest BCUT2D eigenvalue weighted by Crippen LogP contribution is -2.15. The summed E-state index contributed by atoms with van der Waals surface area (Å²) < 4.78 is 20.6. The lowest BCUT2D eigenvalue weighted by atomic mass is 9.94. The van der Waals surface area contributed by atoms with Gasteiger partial charge < -0.3 is 28.8 Å². The van der Waals surface area contributed by atoms with Crippen LogP contribution < -0.4 is 14.3 Å². The van der Waals surface area contributed by atoms with Gasteiger partial charge in [0, 0.05) is 46.4 Å². The summed E-state index contributed by atoms with van der Waals surface area (Å²) in [5.74, 6) is 0.682. The second-order valence-corrected chi connectivity index (χ2v) is 9.44. The third-order valence-corrected chi connectivity index (χ3v) is 6.71. The van der Waals surface area contributed by atoms with Gasteiger partial charge in [-0.3, -0.25) is 4.79 Å². The van der Waals surface area contributed by atoms with Crippen molar-refractivity contribution in [3.63, 3.8) is 0 Å². The smallest absolute Gasteiger partial charge is 0.238 e. The van der Waals surface area contributed by atoms with Crippen molar-refractivity contribution < 1.29 is 23.3 Å². The Balaban J connectivity index is 0.000000270. The second-order valence-electron chi connectivity index (χ2n) is 8.85. The van der Waals surface area contributed by atoms with E-state index in [4.69, 9.17) is 37.7 Å². The van der Waals surface area contributed by atoms with E-state index in [1.54, 1.807) is 25.3 Å². The number of anilines is 1. The molecule has 9 nitrogen and oxygen atoms in total. The largest absolute Gasteiger partial charge is 0.491 e. The quantitative estimate of drug-likeness (QED) is 0.181. The average molecular weight is 618 g/mol. The summed E-state index contributed by atoms with van der Waals surface area (Å²) in [4.78, 5) is 24.5. The van der Waals surface area contributed by atoms with E-state index in [1.165, 1.54) is 6.33 Å². The van der Waals surface area contributed by atoms with Crippen LogP contribution in [0.15, 0.2) is 73.2 Å². The van der Waals surface area contributed by atoms with Crippen LogP contribution in [0.2, 0.25) is 5.02 Å². The topological polar surface area (TPSA) is 108 Å². The van der Waals surface area contributed by atoms with Gasteiger partial charge in [-0.25, -0.2) is 9.97 Å². The molecule has 3 heterocycles. The van der Waals surface area contributed by atoms with Gasteiger partial charge in [-0.15, -0.1) is 12.4 Å². The number of nitrogens with one attached hydrogen (secondary N) is 2. The number of H-pyrrole nitrogens is 1. The SMILES string of the molecule is COCCOCCOc1ccc2c(C3C(=O)Nc4ccc(Cl)cc43)ncnc2c1.Cl.ClOc1ccc2[nH]ccc2c1. The zero-order chi connectivity index (χ0) is 27.9. The minimum absolute atomic E-state index is 0. The number of ether oxygens (including phenoxy) is 3. The summed E-state index contributed by atoms with van der Waals surface area (Å²) in [5.41, 5.74) is 4.00. The van der Waals surface area contributed by atoms with Crippen molar-refractivity contribution in [1.82, 2.24) is 15.0 Å². The predicted octanol–water partition coefficient (Wildman–Crippen LogP) is 6.53. The maximum absolute atomic E-state index is 12.6. The van der Waals surface area contributed by atoms with Crippen molar-refractivity contribution >= 4 is 69.3 Å². The number of amides is 1. The standard InChI is InChI=1S/C21H20ClN3O4.C8H6ClNO.ClH/c1-27-6-7-28-8-9-29-14-3-4-15-18(11-14)23-12-24-20(15)19-16-10-13(22)2-5-17(16)25-21(19)26;9-11-7-1-2-8-6(5-7)3-4-10-8;/h2-5,10-12,19H,6-9H2,1H3,(H,25,26);1-5,10H;1H. The Bertz CT molecular complexity index is 1630. The lowest BCUT2D eigenvalue weighted by Gasteiger charge is -2.12. The van der Waals surface area contributed by atoms with E-state index in [-0.39, 0.29) is 18.3 Å². The van der Waals surface area contributed by atoms with Crippen molar-refractivity contribution in [2.75, 3.05) is 38.9 Å². The Morgan fingerprint density at radius 1 is 0.927 bits per heavy atom. The fourth-order valence-electron chi connectivity index (χ4n) is 4.42. The monoisotopic (exact) mass is 616 g/mol. The van der Waals surface area contributed by atoms with Gasteiger partial charge in [0.1, 0.15) is 42.2 Å². The van der Waals surface area contributed by atoms with Gasteiger partial charge in [0.05, 0.1) is 31.0 Å². The van der Waals surface area contributed by atoms with E-state index < -0.39 is 5.92 Å². The Hall–Kier alpha value is -3.60. The highest BCUT2D eigenvalue weighted by molar-refractivity contribution is 6.31. The molecule has 41 heavy (non-hydrogen) atoms. The number of benzene rings is 3. The molecular weight excluding hydrogens is 591 g/mol. The van der Waals surface area contributed by atoms with Crippen molar-refractivity contribution in [2.45, 2.75) is 5.92 Å². The van der Waals surface area contributed by atoms with Crippen LogP contribution in [0.3, 0.4) is 0 Å². The van der Waals surface area contributed by atoms with Gasteiger partial charge >= 0.3 is 0 Å². The highest BCUT2D eigenvalue weighted by Crippen LogP contribution is 2.40. The molecule has 12 heteroatoms. The zero-order valence-electron chi connectivity index (χ0n) is 21.9. The number of methoxy groups -OCH3 is 1. The molecule has 6 rings (SSSR count). The minimum Gasteiger partial charge on any atom is -0.491 e. The molecule has 0 aliphatic carbocycles. The molecule has 0 saturated carbocycles. The van der Waals surface area contributed by atoms with Crippen LogP contribution in [0.25, 0.3) is 21.8 Å². The molecule has 1 aliphatic rings. The van der Waals surface area contributed by atoms with Gasteiger partial charge in [-0.05, 0) is 60.2 Å². The first-order chi connectivity index (χ1) is 19.6. The normalized spacial score (nSPS) is 13.6. The number of aromatic nitrogens is 3. The number of nitrogens with zero attached hydrogens (tertiary/aromatic N) is 2. The van der Waals surface area contributed by atoms with Crippen LogP contribution >= 0.6 is 35.9 Å². The van der Waals surface area contributed by atoms with E-state index >= 15 is 0 Å². The Morgan fingerprint density at radius 3 is 2.59 bits per heavy atom. The summed E-state index contributed by atoms with van der Waals surface area (Å²) >= 11 is 11.3. The molecule has 0 saturated heterocycles. The summed E-state index contributed by atoms with van der Waals surface area (Å²) in [6, 6.07) is 18.5. The number of hydrogen-bond donors (Lipinski definition) is 2. The Labute approximate surface area is 252 Å². The molecule has 5 aromatic rings. The maximum Gasteiger partial charge on any atom is 0.238 e. The zero-order valence-corrected chi connectivity index (χ0v) is 24.3. The predicted molar refractivity (Wildman–Crippen MR) is 162 cm³/mol. The van der Waals surface area contributed by atoms with Crippen molar-refractivity contribution in [2.24, 2.45) is 0 Å². The molecule has 1 amide bonds. The molecule has 3 aromatic carbocycles. The van der Waals surface area contributed by atoms with Crippen LogP contribution in [-0.2, 0) is 14.3 Å². The van der Waals surface area contributed by atoms with E-state index in [9.17, 15) is 4.79 Å². The lowest BCUT2D eigenvalue weighted by molar-refractivity contribution is -0.116. The fourth-order valence-corrected chi connectivity index (χ4v) is 4.70. The maximum atomic E-state index is 12.6. The minimum atomic E-state index is -0.532. The molecule has 2 N–H and O–H groups in total. The molecule has 0 fully saturated rings. The van der Waals surface area contributed by atoms with Crippen LogP contribution in [0.1, 0.15) is 17.2 Å². The highest BCUT2D eigenvalue weighted by atomic mass is 35.5. The highest BCUT2D eigenvalue weighted by Gasteiger charge is 2.34. The molecule has 2 aromatic heterocycles. The second kappa shape index (κ2) is 14.3. The van der Waals surface area contributed by atoms with Crippen LogP contribution in [0, 0.1) is 0 Å². The number of rotatable bonds is 9. The van der Waals surface area contributed by atoms with Crippen LogP contribution in [0.4, 0.5) is 5.69 Å².